The van der Waals surface area contributed by atoms with Crippen molar-refractivity contribution in [2.24, 2.45) is 5.92 Å². The van der Waals surface area contributed by atoms with E-state index in [1.165, 1.54) is 4.90 Å². The molecule has 0 unspecified atom stereocenters. The Morgan fingerprint density at radius 3 is 2.46 bits per heavy atom. The number of amides is 2. The molecule has 1 aromatic rings. The Hall–Kier alpha value is -1.72. The average Bonchev–Trinajstić information content (AvgIpc) is 3.22. The van der Waals surface area contributed by atoms with E-state index in [2.05, 4.69) is 19.2 Å². The number of carbonyl (C=O) groups is 2. The van der Waals surface area contributed by atoms with Gasteiger partial charge in [0.05, 0.1) is 17.7 Å². The zero-order valence-electron chi connectivity index (χ0n) is 14.5. The maximum absolute atomic E-state index is 12.6. The second-order valence-corrected chi connectivity index (χ2v) is 6.76. The van der Waals surface area contributed by atoms with Gasteiger partial charge in [-0.05, 0) is 31.5 Å². The fraction of sp³-hybridized carbons (Fsp3) is 0.579. The summed E-state index contributed by atoms with van der Waals surface area (Å²) in [6, 6.07) is 7.06. The highest BCUT2D eigenvalue weighted by atomic mass is 16.5. The third-order valence-corrected chi connectivity index (χ3v) is 5.04. The highest BCUT2D eigenvalue weighted by Crippen LogP contribution is 2.45. The van der Waals surface area contributed by atoms with E-state index in [1.807, 2.05) is 0 Å². The fourth-order valence-electron chi connectivity index (χ4n) is 3.55. The predicted molar refractivity (Wildman–Crippen MR) is 92.1 cm³/mol. The molecule has 1 aliphatic heterocycles. The van der Waals surface area contributed by atoms with E-state index in [1.54, 1.807) is 24.3 Å². The summed E-state index contributed by atoms with van der Waals surface area (Å²) < 4.78 is 5.75. The van der Waals surface area contributed by atoms with Gasteiger partial charge >= 0.3 is 0 Å². The molecule has 5 nitrogen and oxygen atoms in total. The van der Waals surface area contributed by atoms with E-state index in [-0.39, 0.29) is 17.4 Å². The second kappa shape index (κ2) is 7.03. The smallest absolute Gasteiger partial charge is 0.261 e. The third-order valence-electron chi connectivity index (χ3n) is 5.04. The Kier molecular flexibility index (Phi) is 5.01. The first kappa shape index (κ1) is 17.1. The molecule has 0 radical (unpaired) electrons. The zero-order chi connectivity index (χ0) is 17.2. The van der Waals surface area contributed by atoms with Crippen LogP contribution in [0.5, 0.6) is 0 Å². The molecule has 0 spiro atoms. The molecule has 2 aliphatic rings. The largest absolute Gasteiger partial charge is 0.381 e. The van der Waals surface area contributed by atoms with Crippen LogP contribution in [0.15, 0.2) is 24.3 Å². The van der Waals surface area contributed by atoms with Gasteiger partial charge in [-0.2, -0.15) is 0 Å². The topological polar surface area (TPSA) is 58.6 Å². The van der Waals surface area contributed by atoms with Crippen LogP contribution in [0.3, 0.4) is 0 Å². The molecule has 1 N–H and O–H groups in total. The van der Waals surface area contributed by atoms with Crippen LogP contribution in [0.4, 0.5) is 0 Å². The fourth-order valence-corrected chi connectivity index (χ4v) is 3.55. The summed E-state index contributed by atoms with van der Waals surface area (Å²) in [5, 5.41) is 3.49. The SMILES string of the molecule is CCCCOC[C@@H]1C[C@@]1(CN1C(=O)c2ccccc2C1=O)NCC. The molecule has 24 heavy (non-hydrogen) atoms. The lowest BCUT2D eigenvalue weighted by atomic mass is 10.1. The minimum Gasteiger partial charge on any atom is -0.381 e. The molecule has 1 aromatic carbocycles. The number of nitrogens with one attached hydrogen (secondary N) is 1. The van der Waals surface area contributed by atoms with Gasteiger partial charge < -0.3 is 10.1 Å². The van der Waals surface area contributed by atoms with Crippen molar-refractivity contribution in [3.8, 4) is 0 Å². The first-order chi connectivity index (χ1) is 11.6. The van der Waals surface area contributed by atoms with Crippen molar-refractivity contribution in [1.82, 2.24) is 10.2 Å². The standard InChI is InChI=1S/C19H26N2O3/c1-3-5-10-24-12-14-11-19(14,20-4-2)13-21-17(22)15-8-6-7-9-16(15)18(21)23/h6-9,14,20H,3-5,10-13H2,1-2H3/t14-,19-/m0/s1. The number of nitrogens with zero attached hydrogens (tertiary/aromatic N) is 1. The Morgan fingerprint density at radius 1 is 1.21 bits per heavy atom. The van der Waals surface area contributed by atoms with E-state index in [4.69, 9.17) is 4.74 Å². The average molecular weight is 330 g/mol. The van der Waals surface area contributed by atoms with Crippen LogP contribution in [0.25, 0.3) is 0 Å². The highest BCUT2D eigenvalue weighted by molar-refractivity contribution is 6.21. The van der Waals surface area contributed by atoms with E-state index in [0.29, 0.717) is 30.2 Å². The summed E-state index contributed by atoms with van der Waals surface area (Å²) in [7, 11) is 0. The Labute approximate surface area is 143 Å². The molecular formula is C19H26N2O3. The molecular weight excluding hydrogens is 304 g/mol. The van der Waals surface area contributed by atoms with Crippen molar-refractivity contribution in [1.29, 1.82) is 0 Å². The van der Waals surface area contributed by atoms with Crippen LogP contribution in [0.2, 0.25) is 0 Å². The van der Waals surface area contributed by atoms with Crippen molar-refractivity contribution in [2.45, 2.75) is 38.6 Å². The van der Waals surface area contributed by atoms with Crippen molar-refractivity contribution < 1.29 is 14.3 Å². The number of likely N-dealkylation sites (N-methyl/N-ethyl adjacent to an activating group) is 1. The molecule has 1 saturated carbocycles. The second-order valence-electron chi connectivity index (χ2n) is 6.76. The molecule has 5 heteroatoms. The molecule has 2 atom stereocenters. The summed E-state index contributed by atoms with van der Waals surface area (Å²) in [6.45, 7) is 6.91. The summed E-state index contributed by atoms with van der Waals surface area (Å²) in [6.07, 6.45) is 3.14. The van der Waals surface area contributed by atoms with Crippen molar-refractivity contribution in [3.05, 3.63) is 35.4 Å². The Bertz CT molecular complexity index is 596. The van der Waals surface area contributed by atoms with Gasteiger partial charge in [0.1, 0.15) is 0 Å². The van der Waals surface area contributed by atoms with E-state index in [0.717, 1.165) is 32.4 Å². The van der Waals surface area contributed by atoms with Crippen LogP contribution in [0, 0.1) is 5.92 Å². The summed E-state index contributed by atoms with van der Waals surface area (Å²) in [5.41, 5.74) is 0.852. The number of hydrogen-bond donors (Lipinski definition) is 1. The lowest BCUT2D eigenvalue weighted by molar-refractivity contribution is 0.0614. The first-order valence-corrected chi connectivity index (χ1v) is 8.91. The van der Waals surface area contributed by atoms with Crippen LogP contribution < -0.4 is 5.32 Å². The molecule has 3 rings (SSSR count). The molecule has 1 aliphatic carbocycles. The molecule has 0 aromatic heterocycles. The van der Waals surface area contributed by atoms with Gasteiger partial charge in [0.2, 0.25) is 0 Å². The van der Waals surface area contributed by atoms with Crippen LogP contribution >= 0.6 is 0 Å². The van der Waals surface area contributed by atoms with Crippen molar-refractivity contribution >= 4 is 11.8 Å². The first-order valence-electron chi connectivity index (χ1n) is 8.91. The molecule has 1 fully saturated rings. The summed E-state index contributed by atoms with van der Waals surface area (Å²) >= 11 is 0. The Balaban J connectivity index is 1.65. The quantitative estimate of drug-likeness (QED) is 0.558. The maximum Gasteiger partial charge on any atom is 0.261 e. The number of rotatable bonds is 9. The molecule has 1 heterocycles. The summed E-state index contributed by atoms with van der Waals surface area (Å²) in [4.78, 5) is 26.5. The predicted octanol–water partition coefficient (Wildman–Crippen LogP) is 2.47. The normalized spacial score (nSPS) is 25.2. The van der Waals surface area contributed by atoms with Crippen LogP contribution in [0.1, 0.15) is 53.8 Å². The third kappa shape index (κ3) is 3.10. The van der Waals surface area contributed by atoms with E-state index in [9.17, 15) is 9.59 Å². The number of unbranched alkanes of at least 4 members (excludes halogenated alkanes) is 1. The molecule has 130 valence electrons. The Morgan fingerprint density at radius 2 is 1.88 bits per heavy atom. The van der Waals surface area contributed by atoms with Gasteiger partial charge in [0, 0.05) is 24.6 Å². The molecule has 2 amide bonds. The molecule has 0 bridgehead atoms. The van der Waals surface area contributed by atoms with Gasteiger partial charge in [-0.25, -0.2) is 0 Å². The maximum atomic E-state index is 12.6. The lowest BCUT2D eigenvalue weighted by Gasteiger charge is -2.24. The lowest BCUT2D eigenvalue weighted by Crippen LogP contribution is -2.47. The van der Waals surface area contributed by atoms with E-state index < -0.39 is 0 Å². The van der Waals surface area contributed by atoms with Crippen LogP contribution in [-0.4, -0.2) is 48.6 Å². The van der Waals surface area contributed by atoms with Gasteiger partial charge in [-0.3, -0.25) is 14.5 Å². The van der Waals surface area contributed by atoms with Gasteiger partial charge in [0.25, 0.3) is 11.8 Å². The van der Waals surface area contributed by atoms with Crippen LogP contribution in [-0.2, 0) is 4.74 Å². The van der Waals surface area contributed by atoms with Crippen molar-refractivity contribution in [3.63, 3.8) is 0 Å². The van der Waals surface area contributed by atoms with Gasteiger partial charge in [-0.1, -0.05) is 32.4 Å². The minimum atomic E-state index is -0.186. The monoisotopic (exact) mass is 330 g/mol. The number of carbonyl (C=O) groups excluding carboxylic acids is 2. The number of benzene rings is 1. The van der Waals surface area contributed by atoms with Gasteiger partial charge in [0.15, 0.2) is 0 Å². The number of imide groups is 1. The number of ether oxygens (including phenoxy) is 1. The van der Waals surface area contributed by atoms with E-state index >= 15 is 0 Å². The molecule has 0 saturated heterocycles. The minimum absolute atomic E-state index is 0.176. The highest BCUT2D eigenvalue weighted by Gasteiger charge is 2.56. The van der Waals surface area contributed by atoms with Crippen molar-refractivity contribution in [2.75, 3.05) is 26.3 Å². The summed E-state index contributed by atoms with van der Waals surface area (Å²) in [5.74, 6) is 0.00878. The van der Waals surface area contributed by atoms with Gasteiger partial charge in [-0.15, -0.1) is 0 Å². The number of hydrogen-bond acceptors (Lipinski definition) is 4. The zero-order valence-corrected chi connectivity index (χ0v) is 14.5. The number of fused-ring (bicyclic) bond motifs is 1.